The van der Waals surface area contributed by atoms with Crippen molar-refractivity contribution in [3.63, 3.8) is 0 Å². The third kappa shape index (κ3) is 7.11. The number of anilines is 2. The highest BCUT2D eigenvalue weighted by Gasteiger charge is 2.06. The molecule has 4 N–H and O–H groups in total. The summed E-state index contributed by atoms with van der Waals surface area (Å²) in [6, 6.07) is 10.2. The van der Waals surface area contributed by atoms with Gasteiger partial charge >= 0.3 is 0 Å². The number of carbonyl (C=O) groups excluding carboxylic acids is 1. The number of hydrogen-bond donors (Lipinski definition) is 3. The van der Waals surface area contributed by atoms with E-state index in [1.807, 2.05) is 0 Å². The van der Waals surface area contributed by atoms with Crippen molar-refractivity contribution in [3.05, 3.63) is 54.1 Å². The highest BCUT2D eigenvalue weighted by molar-refractivity contribution is 7.97. The van der Waals surface area contributed by atoms with E-state index in [-0.39, 0.29) is 17.4 Å². The van der Waals surface area contributed by atoms with Gasteiger partial charge in [-0.2, -0.15) is 0 Å². The van der Waals surface area contributed by atoms with Crippen molar-refractivity contribution in [1.82, 2.24) is 4.72 Å². The molecule has 4 nitrogen and oxygen atoms in total. The fourth-order valence-corrected chi connectivity index (χ4v) is 2.84. The van der Waals surface area contributed by atoms with Gasteiger partial charge in [0.05, 0.1) is 11.4 Å². The molecule has 2 aromatic rings. The van der Waals surface area contributed by atoms with Gasteiger partial charge in [-0.05, 0) is 67.3 Å². The van der Waals surface area contributed by atoms with E-state index in [4.69, 9.17) is 5.73 Å². The molecule has 0 heterocycles. The molecule has 0 atom stereocenters. The first kappa shape index (κ1) is 19.2. The molecule has 0 aromatic heterocycles. The quantitative estimate of drug-likeness (QED) is 0.351. The Kier molecular flexibility index (Phi) is 7.69. The van der Waals surface area contributed by atoms with Crippen molar-refractivity contribution in [2.45, 2.75) is 30.6 Å². The Morgan fingerprint density at radius 3 is 2.44 bits per heavy atom. The average molecular weight is 365 g/mol. The maximum absolute atomic E-state index is 12.9. The van der Waals surface area contributed by atoms with Crippen molar-refractivity contribution in [2.75, 3.05) is 17.6 Å². The van der Waals surface area contributed by atoms with E-state index in [1.165, 1.54) is 42.3 Å². The van der Waals surface area contributed by atoms with E-state index in [0.717, 1.165) is 30.7 Å². The molecular weight excluding hydrogens is 344 g/mol. The van der Waals surface area contributed by atoms with Gasteiger partial charge in [-0.25, -0.2) is 8.78 Å². The van der Waals surface area contributed by atoms with E-state index < -0.39 is 5.82 Å². The second kappa shape index (κ2) is 10.0. The second-order valence-corrected chi connectivity index (χ2v) is 6.50. The summed E-state index contributed by atoms with van der Waals surface area (Å²) in [5, 5.41) is 2.68. The molecule has 134 valence electrons. The summed E-state index contributed by atoms with van der Waals surface area (Å²) >= 11 is 1.46. The highest BCUT2D eigenvalue weighted by Crippen LogP contribution is 2.19. The Morgan fingerprint density at radius 1 is 1.00 bits per heavy atom. The smallest absolute Gasteiger partial charge is 0.224 e. The number of nitrogens with one attached hydrogen (secondary N) is 2. The number of unbranched alkanes of at least 4 members (excludes halogenated alkanes) is 2. The Balaban J connectivity index is 1.55. The normalized spacial score (nSPS) is 10.6. The van der Waals surface area contributed by atoms with Crippen molar-refractivity contribution in [1.29, 1.82) is 0 Å². The van der Waals surface area contributed by atoms with Crippen LogP contribution in [0.5, 0.6) is 0 Å². The summed E-state index contributed by atoms with van der Waals surface area (Å²) in [6.07, 6.45) is 2.99. The standard InChI is InChI=1S/C18H21F2N3OS/c19-13-5-8-15(9-6-13)25-22-11-3-1-2-4-18(24)23-17-10-7-14(20)12-16(17)21/h5-10,12,22H,1-4,11,21H2,(H,23,24). The number of benzene rings is 2. The number of rotatable bonds is 9. The first-order valence-electron chi connectivity index (χ1n) is 8.05. The molecule has 2 aromatic carbocycles. The monoisotopic (exact) mass is 365 g/mol. The molecule has 0 saturated carbocycles. The Hall–Kier alpha value is -2.12. The molecule has 0 spiro atoms. The van der Waals surface area contributed by atoms with Crippen LogP contribution >= 0.6 is 11.9 Å². The zero-order valence-electron chi connectivity index (χ0n) is 13.7. The lowest BCUT2D eigenvalue weighted by Gasteiger charge is -2.08. The second-order valence-electron chi connectivity index (χ2n) is 5.54. The molecule has 0 aliphatic heterocycles. The van der Waals surface area contributed by atoms with Gasteiger partial charge in [-0.1, -0.05) is 6.42 Å². The van der Waals surface area contributed by atoms with Crippen molar-refractivity contribution in [3.8, 4) is 0 Å². The lowest BCUT2D eigenvalue weighted by Crippen LogP contribution is -2.13. The maximum atomic E-state index is 12.9. The topological polar surface area (TPSA) is 67.1 Å². The summed E-state index contributed by atoms with van der Waals surface area (Å²) in [5.41, 5.74) is 6.30. The molecule has 1 amide bonds. The van der Waals surface area contributed by atoms with E-state index in [9.17, 15) is 13.6 Å². The summed E-state index contributed by atoms with van der Waals surface area (Å²) < 4.78 is 28.9. The van der Waals surface area contributed by atoms with Crippen LogP contribution in [0.3, 0.4) is 0 Å². The third-order valence-corrected chi connectivity index (χ3v) is 4.33. The number of halogens is 2. The SMILES string of the molecule is Nc1cc(F)ccc1NC(=O)CCCCCNSc1ccc(F)cc1. The molecule has 0 fully saturated rings. The van der Waals surface area contributed by atoms with Gasteiger partial charge in [-0.15, -0.1) is 0 Å². The largest absolute Gasteiger partial charge is 0.397 e. The summed E-state index contributed by atoms with van der Waals surface area (Å²) in [7, 11) is 0. The number of amides is 1. The molecule has 2 rings (SSSR count). The van der Waals surface area contributed by atoms with Crippen LogP contribution in [0, 0.1) is 11.6 Å². The first-order chi connectivity index (χ1) is 12.0. The molecule has 0 bridgehead atoms. The predicted molar refractivity (Wildman–Crippen MR) is 98.2 cm³/mol. The Labute approximate surface area is 150 Å². The van der Waals surface area contributed by atoms with Gasteiger partial charge in [-0.3, -0.25) is 9.52 Å². The molecule has 0 aliphatic carbocycles. The first-order valence-corrected chi connectivity index (χ1v) is 8.86. The van der Waals surface area contributed by atoms with Gasteiger partial charge in [0, 0.05) is 17.9 Å². The summed E-state index contributed by atoms with van der Waals surface area (Å²) in [4.78, 5) is 12.8. The molecule has 7 heteroatoms. The highest BCUT2D eigenvalue weighted by atomic mass is 32.2. The van der Waals surface area contributed by atoms with Gasteiger partial charge in [0.2, 0.25) is 5.91 Å². The minimum atomic E-state index is -0.429. The summed E-state index contributed by atoms with van der Waals surface area (Å²) in [6.45, 7) is 0.800. The number of carbonyl (C=O) groups is 1. The lowest BCUT2D eigenvalue weighted by atomic mass is 10.2. The van der Waals surface area contributed by atoms with Gasteiger partial charge < -0.3 is 11.1 Å². The van der Waals surface area contributed by atoms with E-state index in [1.54, 1.807) is 12.1 Å². The lowest BCUT2D eigenvalue weighted by molar-refractivity contribution is -0.116. The summed E-state index contributed by atoms with van der Waals surface area (Å²) in [5.74, 6) is -0.807. The predicted octanol–water partition coefficient (Wildman–Crippen LogP) is 4.34. The zero-order chi connectivity index (χ0) is 18.1. The third-order valence-electron chi connectivity index (χ3n) is 3.47. The van der Waals surface area contributed by atoms with Gasteiger partial charge in [0.25, 0.3) is 0 Å². The van der Waals surface area contributed by atoms with Crippen LogP contribution in [-0.4, -0.2) is 12.5 Å². The van der Waals surface area contributed by atoms with E-state index in [0.29, 0.717) is 12.1 Å². The van der Waals surface area contributed by atoms with Crippen LogP contribution in [-0.2, 0) is 4.79 Å². The van der Waals surface area contributed by atoms with Crippen LogP contribution in [0.25, 0.3) is 0 Å². The van der Waals surface area contributed by atoms with Crippen LogP contribution in [0.2, 0.25) is 0 Å². The zero-order valence-corrected chi connectivity index (χ0v) is 14.5. The van der Waals surface area contributed by atoms with Crippen molar-refractivity contribution in [2.24, 2.45) is 0 Å². The molecule has 0 saturated heterocycles. The van der Waals surface area contributed by atoms with E-state index >= 15 is 0 Å². The number of nitrogens with two attached hydrogens (primary N) is 1. The molecule has 0 radical (unpaired) electrons. The fourth-order valence-electron chi connectivity index (χ4n) is 2.16. The minimum absolute atomic E-state index is 0.132. The molecule has 0 aliphatic rings. The average Bonchev–Trinajstić information content (AvgIpc) is 2.58. The van der Waals surface area contributed by atoms with Crippen LogP contribution in [0.4, 0.5) is 20.2 Å². The molecule has 0 unspecified atom stereocenters. The van der Waals surface area contributed by atoms with Gasteiger partial charge in [0.15, 0.2) is 0 Å². The van der Waals surface area contributed by atoms with Crippen LogP contribution < -0.4 is 15.8 Å². The van der Waals surface area contributed by atoms with Gasteiger partial charge in [0.1, 0.15) is 11.6 Å². The minimum Gasteiger partial charge on any atom is -0.397 e. The van der Waals surface area contributed by atoms with Crippen molar-refractivity contribution >= 4 is 29.2 Å². The Morgan fingerprint density at radius 2 is 1.72 bits per heavy atom. The van der Waals surface area contributed by atoms with E-state index in [2.05, 4.69) is 10.0 Å². The van der Waals surface area contributed by atoms with Crippen molar-refractivity contribution < 1.29 is 13.6 Å². The molecule has 25 heavy (non-hydrogen) atoms. The Bertz CT molecular complexity index is 695. The number of hydrogen-bond acceptors (Lipinski definition) is 4. The van der Waals surface area contributed by atoms with Crippen LogP contribution in [0.15, 0.2) is 47.4 Å². The molecular formula is C18H21F2N3OS. The maximum Gasteiger partial charge on any atom is 0.224 e. The number of nitrogen functional groups attached to an aromatic ring is 1. The van der Waals surface area contributed by atoms with Crippen LogP contribution in [0.1, 0.15) is 25.7 Å². The fraction of sp³-hybridized carbons (Fsp3) is 0.278.